The zero-order valence-electron chi connectivity index (χ0n) is 7.40. The van der Waals surface area contributed by atoms with Crippen molar-refractivity contribution in [3.8, 4) is 0 Å². The summed E-state index contributed by atoms with van der Waals surface area (Å²) in [4.78, 5) is 14.3. The highest BCUT2D eigenvalue weighted by Crippen LogP contribution is 2.21. The van der Waals surface area contributed by atoms with Gasteiger partial charge in [-0.25, -0.2) is 13.4 Å². The summed E-state index contributed by atoms with van der Waals surface area (Å²) >= 11 is 3.03. The van der Waals surface area contributed by atoms with Gasteiger partial charge in [0.2, 0.25) is 0 Å². The van der Waals surface area contributed by atoms with Crippen molar-refractivity contribution in [2.45, 2.75) is 11.8 Å². The normalized spacial score (nSPS) is 11.3. The summed E-state index contributed by atoms with van der Waals surface area (Å²) in [6.07, 6.45) is 1.87. The molecule has 76 valence electrons. The molecule has 6 heteroatoms. The molecule has 4 nitrogen and oxygen atoms in total. The maximum Gasteiger partial charge on any atom is 0.180 e. The lowest BCUT2D eigenvalue weighted by molar-refractivity contribution is 0.112. The highest BCUT2D eigenvalue weighted by atomic mass is 79.9. The van der Waals surface area contributed by atoms with Gasteiger partial charge in [0.25, 0.3) is 0 Å². The van der Waals surface area contributed by atoms with Gasteiger partial charge in [-0.15, -0.1) is 0 Å². The van der Waals surface area contributed by atoms with Crippen LogP contribution in [0.1, 0.15) is 17.3 Å². The minimum atomic E-state index is -3.33. The molecule has 0 radical (unpaired) electrons. The third-order valence-corrected chi connectivity index (χ3v) is 4.32. The number of sulfone groups is 1. The van der Waals surface area contributed by atoms with Crippen molar-refractivity contribution in [1.82, 2.24) is 4.98 Å². The Bertz CT molecular complexity index is 456. The summed E-state index contributed by atoms with van der Waals surface area (Å²) in [6.45, 7) is 1.54. The molecule has 0 aliphatic rings. The Balaban J connectivity index is 3.40. The second-order valence-corrected chi connectivity index (χ2v) is 5.58. The van der Waals surface area contributed by atoms with Crippen LogP contribution in [0.3, 0.4) is 0 Å². The van der Waals surface area contributed by atoms with Crippen LogP contribution in [0.15, 0.2) is 21.8 Å². The van der Waals surface area contributed by atoms with Gasteiger partial charge in [0.1, 0.15) is 9.50 Å². The van der Waals surface area contributed by atoms with Gasteiger partial charge in [-0.05, 0) is 22.0 Å². The number of carbonyl (C=O) groups excluding carboxylic acids is 1. The first kappa shape index (κ1) is 11.3. The summed E-state index contributed by atoms with van der Waals surface area (Å²) in [5.41, 5.74) is 0.250. The van der Waals surface area contributed by atoms with Crippen LogP contribution in [-0.2, 0) is 9.84 Å². The fourth-order valence-corrected chi connectivity index (χ4v) is 2.77. The molecule has 14 heavy (non-hydrogen) atoms. The maximum atomic E-state index is 11.5. The van der Waals surface area contributed by atoms with Crippen LogP contribution in [0.4, 0.5) is 0 Å². The minimum Gasteiger partial charge on any atom is -0.298 e. The Labute approximate surface area is 90.4 Å². The molecule has 0 bridgehead atoms. The molecule has 1 rings (SSSR count). The smallest absolute Gasteiger partial charge is 0.180 e. The standard InChI is InChI=1S/C8H8BrNO3S/c1-2-14(12,13)7-3-6(5-11)4-10-8(7)9/h3-5H,2H2,1H3. The van der Waals surface area contributed by atoms with E-state index >= 15 is 0 Å². The van der Waals surface area contributed by atoms with E-state index in [9.17, 15) is 13.2 Å². The molecule has 1 aromatic rings. The molecular formula is C8H8BrNO3S. The minimum absolute atomic E-state index is 0.0183. The molecule has 0 aliphatic carbocycles. The zero-order valence-corrected chi connectivity index (χ0v) is 9.80. The molecule has 0 aromatic carbocycles. The fraction of sp³-hybridized carbons (Fsp3) is 0.250. The second kappa shape index (κ2) is 4.18. The Kier molecular flexibility index (Phi) is 3.38. The largest absolute Gasteiger partial charge is 0.298 e. The first-order valence-corrected chi connectivity index (χ1v) is 6.29. The van der Waals surface area contributed by atoms with Crippen LogP contribution < -0.4 is 0 Å². The van der Waals surface area contributed by atoms with Crippen LogP contribution in [0.2, 0.25) is 0 Å². The van der Waals surface area contributed by atoms with Crippen LogP contribution in [0.5, 0.6) is 0 Å². The van der Waals surface area contributed by atoms with E-state index in [2.05, 4.69) is 20.9 Å². The predicted octanol–water partition coefficient (Wildman–Crippen LogP) is 1.45. The van der Waals surface area contributed by atoms with E-state index in [4.69, 9.17) is 0 Å². The molecule has 0 aliphatic heterocycles. The van der Waals surface area contributed by atoms with Gasteiger partial charge in [-0.1, -0.05) is 6.92 Å². The molecule has 0 saturated heterocycles. The van der Waals surface area contributed by atoms with Crippen molar-refractivity contribution in [2.75, 3.05) is 5.75 Å². The van der Waals surface area contributed by atoms with Crippen molar-refractivity contribution in [1.29, 1.82) is 0 Å². The summed E-state index contributed by atoms with van der Waals surface area (Å²) in [6, 6.07) is 1.31. The van der Waals surface area contributed by atoms with Crippen molar-refractivity contribution < 1.29 is 13.2 Å². The fourth-order valence-electron chi connectivity index (χ4n) is 0.881. The quantitative estimate of drug-likeness (QED) is 0.620. The van der Waals surface area contributed by atoms with E-state index in [-0.39, 0.29) is 20.8 Å². The van der Waals surface area contributed by atoms with E-state index in [0.29, 0.717) is 6.29 Å². The lowest BCUT2D eigenvalue weighted by Gasteiger charge is -2.03. The Morgan fingerprint density at radius 2 is 2.21 bits per heavy atom. The van der Waals surface area contributed by atoms with Crippen LogP contribution in [0, 0.1) is 0 Å². The molecule has 0 amide bonds. The summed E-state index contributed by atoms with van der Waals surface area (Å²) in [5.74, 6) is -0.0183. The van der Waals surface area contributed by atoms with Gasteiger partial charge in [-0.2, -0.15) is 0 Å². The summed E-state index contributed by atoms with van der Waals surface area (Å²) < 4.78 is 23.2. The van der Waals surface area contributed by atoms with E-state index in [1.54, 1.807) is 0 Å². The third kappa shape index (κ3) is 2.19. The number of hydrogen-bond acceptors (Lipinski definition) is 4. The predicted molar refractivity (Wildman–Crippen MR) is 55.1 cm³/mol. The lowest BCUT2D eigenvalue weighted by atomic mass is 10.3. The number of aromatic nitrogens is 1. The van der Waals surface area contributed by atoms with E-state index in [1.165, 1.54) is 19.2 Å². The van der Waals surface area contributed by atoms with Crippen LogP contribution in [0.25, 0.3) is 0 Å². The van der Waals surface area contributed by atoms with Crippen molar-refractivity contribution in [2.24, 2.45) is 0 Å². The number of aldehydes is 1. The number of pyridine rings is 1. The first-order valence-electron chi connectivity index (χ1n) is 3.84. The zero-order chi connectivity index (χ0) is 10.8. The number of nitrogens with zero attached hydrogens (tertiary/aromatic N) is 1. The Morgan fingerprint density at radius 3 is 2.71 bits per heavy atom. The molecule has 0 spiro atoms. The molecule has 0 saturated carbocycles. The SMILES string of the molecule is CCS(=O)(=O)c1cc(C=O)cnc1Br. The van der Waals surface area contributed by atoms with Crippen molar-refractivity contribution in [3.05, 3.63) is 22.4 Å². The number of hydrogen-bond donors (Lipinski definition) is 0. The Morgan fingerprint density at radius 1 is 1.57 bits per heavy atom. The van der Waals surface area contributed by atoms with Crippen molar-refractivity contribution >= 4 is 32.1 Å². The van der Waals surface area contributed by atoms with Gasteiger partial charge in [0, 0.05) is 11.8 Å². The number of carbonyl (C=O) groups is 1. The summed E-state index contributed by atoms with van der Waals surface area (Å²) in [7, 11) is -3.33. The third-order valence-electron chi connectivity index (χ3n) is 1.68. The molecule has 1 aromatic heterocycles. The molecular weight excluding hydrogens is 270 g/mol. The van der Waals surface area contributed by atoms with E-state index in [0.717, 1.165) is 0 Å². The van der Waals surface area contributed by atoms with Gasteiger partial charge in [0.05, 0.1) is 5.75 Å². The number of halogens is 1. The molecule has 0 N–H and O–H groups in total. The number of rotatable bonds is 3. The lowest BCUT2D eigenvalue weighted by Crippen LogP contribution is -2.06. The average molecular weight is 278 g/mol. The summed E-state index contributed by atoms with van der Waals surface area (Å²) in [5, 5.41) is 0. The highest BCUT2D eigenvalue weighted by molar-refractivity contribution is 9.10. The van der Waals surface area contributed by atoms with Crippen molar-refractivity contribution in [3.63, 3.8) is 0 Å². The van der Waals surface area contributed by atoms with Crippen LogP contribution >= 0.6 is 15.9 Å². The molecule has 0 fully saturated rings. The molecule has 1 heterocycles. The maximum absolute atomic E-state index is 11.5. The Hall–Kier alpha value is -0.750. The van der Waals surface area contributed by atoms with E-state index in [1.807, 2.05) is 0 Å². The van der Waals surface area contributed by atoms with Gasteiger partial charge in [0.15, 0.2) is 16.1 Å². The van der Waals surface area contributed by atoms with Gasteiger partial charge >= 0.3 is 0 Å². The molecule has 0 atom stereocenters. The highest BCUT2D eigenvalue weighted by Gasteiger charge is 2.16. The van der Waals surface area contributed by atoms with Gasteiger partial charge < -0.3 is 0 Å². The van der Waals surface area contributed by atoms with Gasteiger partial charge in [-0.3, -0.25) is 4.79 Å². The second-order valence-electron chi connectivity index (χ2n) is 2.58. The van der Waals surface area contributed by atoms with E-state index < -0.39 is 9.84 Å². The topological polar surface area (TPSA) is 64.1 Å². The monoisotopic (exact) mass is 277 g/mol. The average Bonchev–Trinajstić information content (AvgIpc) is 2.18. The first-order chi connectivity index (χ1) is 6.51. The molecule has 0 unspecified atom stereocenters. The van der Waals surface area contributed by atoms with Crippen LogP contribution in [-0.4, -0.2) is 25.4 Å².